The molecular formula is C12H13F2NOS. The van der Waals surface area contributed by atoms with E-state index in [0.29, 0.717) is 31.5 Å². The van der Waals surface area contributed by atoms with Gasteiger partial charge in [0.2, 0.25) is 5.91 Å². The predicted octanol–water partition coefficient (Wildman–Crippen LogP) is 2.04. The Bertz CT molecular complexity index is 439. The summed E-state index contributed by atoms with van der Waals surface area (Å²) < 4.78 is 26.0. The topological polar surface area (TPSA) is 20.3 Å². The molecule has 5 heteroatoms. The van der Waals surface area contributed by atoms with Crippen LogP contribution in [0.1, 0.15) is 12.0 Å². The second kappa shape index (κ2) is 5.04. The number of amides is 1. The first-order valence-corrected chi connectivity index (χ1v) is 5.97. The Balaban J connectivity index is 1.96. The van der Waals surface area contributed by atoms with Crippen LogP contribution in [-0.2, 0) is 11.2 Å². The van der Waals surface area contributed by atoms with Crippen molar-refractivity contribution in [3.05, 3.63) is 35.4 Å². The Labute approximate surface area is 104 Å². The van der Waals surface area contributed by atoms with Crippen molar-refractivity contribution in [1.29, 1.82) is 0 Å². The van der Waals surface area contributed by atoms with Gasteiger partial charge in [-0.3, -0.25) is 4.79 Å². The van der Waals surface area contributed by atoms with E-state index in [1.54, 1.807) is 4.90 Å². The van der Waals surface area contributed by atoms with E-state index in [2.05, 4.69) is 12.6 Å². The van der Waals surface area contributed by atoms with Crippen LogP contribution < -0.4 is 0 Å². The number of likely N-dealkylation sites (tertiary alicyclic amines) is 1. The van der Waals surface area contributed by atoms with E-state index in [9.17, 15) is 13.6 Å². The predicted molar refractivity (Wildman–Crippen MR) is 64.0 cm³/mol. The molecule has 1 heterocycles. The van der Waals surface area contributed by atoms with Crippen molar-refractivity contribution < 1.29 is 13.6 Å². The summed E-state index contributed by atoms with van der Waals surface area (Å²) in [7, 11) is 0. The van der Waals surface area contributed by atoms with Crippen LogP contribution >= 0.6 is 12.6 Å². The van der Waals surface area contributed by atoms with Gasteiger partial charge in [-0.1, -0.05) is 6.07 Å². The largest absolute Gasteiger partial charge is 0.341 e. The minimum absolute atomic E-state index is 0.0486. The van der Waals surface area contributed by atoms with Crippen LogP contribution in [0.4, 0.5) is 8.78 Å². The monoisotopic (exact) mass is 257 g/mol. The summed E-state index contributed by atoms with van der Waals surface area (Å²) in [5.41, 5.74) is 0.432. The zero-order valence-electron chi connectivity index (χ0n) is 9.20. The molecule has 1 saturated heterocycles. The molecular weight excluding hydrogens is 244 g/mol. The molecule has 0 spiro atoms. The molecule has 1 aromatic carbocycles. The van der Waals surface area contributed by atoms with E-state index in [4.69, 9.17) is 0 Å². The molecule has 1 aliphatic rings. The summed E-state index contributed by atoms with van der Waals surface area (Å²) in [6, 6.07) is 3.51. The normalized spacial score (nSPS) is 20.1. The highest BCUT2D eigenvalue weighted by Crippen LogP contribution is 2.17. The highest BCUT2D eigenvalue weighted by molar-refractivity contribution is 7.81. The van der Waals surface area contributed by atoms with Gasteiger partial charge in [-0.05, 0) is 18.1 Å². The fraction of sp³-hybridized carbons (Fsp3) is 0.417. The van der Waals surface area contributed by atoms with Crippen molar-refractivity contribution in [2.24, 2.45) is 0 Å². The maximum Gasteiger partial charge on any atom is 0.223 e. The Morgan fingerprint density at radius 3 is 2.76 bits per heavy atom. The lowest BCUT2D eigenvalue weighted by Gasteiger charge is -2.15. The van der Waals surface area contributed by atoms with Gasteiger partial charge in [0.25, 0.3) is 0 Å². The van der Waals surface area contributed by atoms with Crippen LogP contribution in [0.2, 0.25) is 0 Å². The molecule has 17 heavy (non-hydrogen) atoms. The first-order valence-electron chi connectivity index (χ1n) is 5.46. The Hall–Kier alpha value is -1.10. The number of hydrogen-bond acceptors (Lipinski definition) is 2. The van der Waals surface area contributed by atoms with Gasteiger partial charge in [0, 0.05) is 30.8 Å². The van der Waals surface area contributed by atoms with Gasteiger partial charge in [-0.2, -0.15) is 12.6 Å². The fourth-order valence-electron chi connectivity index (χ4n) is 1.95. The van der Waals surface area contributed by atoms with Gasteiger partial charge in [0.05, 0.1) is 0 Å². The SMILES string of the molecule is O=C1CC(S)CN1CCc1ccc(F)cc1F. The molecule has 0 bridgehead atoms. The molecule has 1 aliphatic heterocycles. The van der Waals surface area contributed by atoms with E-state index in [1.165, 1.54) is 12.1 Å². The van der Waals surface area contributed by atoms with E-state index in [0.717, 1.165) is 6.07 Å². The molecule has 1 aromatic rings. The third kappa shape index (κ3) is 2.97. The summed E-state index contributed by atoms with van der Waals surface area (Å²) >= 11 is 4.24. The van der Waals surface area contributed by atoms with E-state index < -0.39 is 11.6 Å². The van der Waals surface area contributed by atoms with Crippen LogP contribution in [-0.4, -0.2) is 29.1 Å². The molecule has 0 aromatic heterocycles. The van der Waals surface area contributed by atoms with Gasteiger partial charge >= 0.3 is 0 Å². The quantitative estimate of drug-likeness (QED) is 0.822. The maximum atomic E-state index is 13.3. The summed E-state index contributed by atoms with van der Waals surface area (Å²) in [5.74, 6) is -1.09. The number of carbonyl (C=O) groups is 1. The third-order valence-electron chi connectivity index (χ3n) is 2.86. The minimum atomic E-state index is -0.584. The zero-order chi connectivity index (χ0) is 12.4. The van der Waals surface area contributed by atoms with Gasteiger partial charge in [-0.15, -0.1) is 0 Å². The molecule has 0 aliphatic carbocycles. The van der Waals surface area contributed by atoms with Crippen molar-refractivity contribution in [3.8, 4) is 0 Å². The first-order chi connectivity index (χ1) is 8.06. The van der Waals surface area contributed by atoms with Crippen LogP contribution in [0.5, 0.6) is 0 Å². The number of halogens is 2. The van der Waals surface area contributed by atoms with Crippen molar-refractivity contribution in [3.63, 3.8) is 0 Å². The van der Waals surface area contributed by atoms with Crippen molar-refractivity contribution in [2.75, 3.05) is 13.1 Å². The molecule has 0 saturated carbocycles. The fourth-order valence-corrected chi connectivity index (χ4v) is 2.30. The van der Waals surface area contributed by atoms with Gasteiger partial charge in [0.1, 0.15) is 11.6 Å². The molecule has 0 radical (unpaired) electrons. The van der Waals surface area contributed by atoms with Gasteiger partial charge < -0.3 is 4.90 Å². The average Bonchev–Trinajstić information content (AvgIpc) is 2.56. The number of thiol groups is 1. The van der Waals surface area contributed by atoms with Gasteiger partial charge in [-0.25, -0.2) is 8.78 Å². The van der Waals surface area contributed by atoms with E-state index >= 15 is 0 Å². The first kappa shape index (κ1) is 12.4. The lowest BCUT2D eigenvalue weighted by Crippen LogP contribution is -2.27. The van der Waals surface area contributed by atoms with E-state index in [-0.39, 0.29) is 11.2 Å². The zero-order valence-corrected chi connectivity index (χ0v) is 10.1. The number of hydrogen-bond donors (Lipinski definition) is 1. The van der Waals surface area contributed by atoms with Crippen molar-refractivity contribution in [1.82, 2.24) is 4.90 Å². The second-order valence-corrected chi connectivity index (χ2v) is 4.91. The highest BCUT2D eigenvalue weighted by Gasteiger charge is 2.26. The minimum Gasteiger partial charge on any atom is -0.341 e. The van der Waals surface area contributed by atoms with Crippen LogP contribution in [0.15, 0.2) is 18.2 Å². The second-order valence-electron chi connectivity index (χ2n) is 4.18. The highest BCUT2D eigenvalue weighted by atomic mass is 32.1. The molecule has 1 amide bonds. The number of benzene rings is 1. The maximum absolute atomic E-state index is 13.3. The lowest BCUT2D eigenvalue weighted by atomic mass is 10.1. The number of carbonyl (C=O) groups excluding carboxylic acids is 1. The summed E-state index contributed by atoms with van der Waals surface area (Å²) in [6.07, 6.45) is 0.841. The molecule has 1 fully saturated rings. The van der Waals surface area contributed by atoms with E-state index in [1.807, 2.05) is 0 Å². The molecule has 0 N–H and O–H groups in total. The summed E-state index contributed by atoms with van der Waals surface area (Å²) in [4.78, 5) is 13.1. The number of nitrogens with zero attached hydrogens (tertiary/aromatic N) is 1. The molecule has 1 unspecified atom stereocenters. The molecule has 2 nitrogen and oxygen atoms in total. The lowest BCUT2D eigenvalue weighted by molar-refractivity contribution is -0.127. The molecule has 92 valence electrons. The Morgan fingerprint density at radius 2 is 2.18 bits per heavy atom. The smallest absolute Gasteiger partial charge is 0.223 e. The Morgan fingerprint density at radius 1 is 1.41 bits per heavy atom. The Kier molecular flexibility index (Phi) is 3.66. The van der Waals surface area contributed by atoms with Crippen LogP contribution in [0, 0.1) is 11.6 Å². The summed E-state index contributed by atoms with van der Waals surface area (Å²) in [5, 5.41) is 0.0700. The number of rotatable bonds is 3. The van der Waals surface area contributed by atoms with Crippen molar-refractivity contribution in [2.45, 2.75) is 18.1 Å². The molecule has 2 rings (SSSR count). The summed E-state index contributed by atoms with van der Waals surface area (Å²) in [6.45, 7) is 1.06. The van der Waals surface area contributed by atoms with Gasteiger partial charge in [0.15, 0.2) is 0 Å². The van der Waals surface area contributed by atoms with Crippen molar-refractivity contribution >= 4 is 18.5 Å². The molecule has 1 atom stereocenters. The van der Waals surface area contributed by atoms with Crippen LogP contribution in [0.25, 0.3) is 0 Å². The third-order valence-corrected chi connectivity index (χ3v) is 3.21. The standard InChI is InChI=1S/C12H13F2NOS/c13-9-2-1-8(11(14)5-9)3-4-15-7-10(17)6-12(15)16/h1-2,5,10,17H,3-4,6-7H2. The average molecular weight is 257 g/mol. The van der Waals surface area contributed by atoms with Crippen LogP contribution in [0.3, 0.4) is 0 Å².